The van der Waals surface area contributed by atoms with E-state index in [0.717, 1.165) is 25.7 Å². The number of nitrogens with two attached hydrogens (primary N) is 1. The van der Waals surface area contributed by atoms with E-state index in [9.17, 15) is 4.79 Å². The summed E-state index contributed by atoms with van der Waals surface area (Å²) in [5, 5.41) is 5.17. The molecule has 1 aromatic rings. The molecular formula is C14H24N2OS. The standard InChI is InChI=1S/C14H24N2OS/c1-3-14(4-2,11-15)16-13(17)9-5-7-12-8-6-10-18-12/h6,8,10H,3-5,7,9,11,15H2,1-2H3,(H,16,17). The Balaban J connectivity index is 2.32. The SMILES string of the molecule is CCC(CC)(CN)NC(=O)CCCc1cccs1. The molecular weight excluding hydrogens is 244 g/mol. The molecule has 0 aliphatic rings. The van der Waals surface area contributed by atoms with Gasteiger partial charge in [0.25, 0.3) is 0 Å². The molecule has 0 saturated carbocycles. The van der Waals surface area contributed by atoms with Crippen molar-refractivity contribution in [3.63, 3.8) is 0 Å². The van der Waals surface area contributed by atoms with Crippen molar-refractivity contribution in [2.24, 2.45) is 5.73 Å². The Morgan fingerprint density at radius 2 is 2.17 bits per heavy atom. The molecule has 0 atom stereocenters. The largest absolute Gasteiger partial charge is 0.349 e. The molecule has 0 fully saturated rings. The van der Waals surface area contributed by atoms with Crippen molar-refractivity contribution in [3.8, 4) is 0 Å². The zero-order valence-electron chi connectivity index (χ0n) is 11.4. The second kappa shape index (κ2) is 7.54. The Bertz CT molecular complexity index is 336. The van der Waals surface area contributed by atoms with Crippen molar-refractivity contribution in [1.82, 2.24) is 5.32 Å². The smallest absolute Gasteiger partial charge is 0.220 e. The van der Waals surface area contributed by atoms with Crippen LogP contribution in [0.2, 0.25) is 0 Å². The Morgan fingerprint density at radius 3 is 2.67 bits per heavy atom. The molecule has 1 heterocycles. The quantitative estimate of drug-likeness (QED) is 0.761. The second-order valence-corrected chi connectivity index (χ2v) is 5.70. The molecule has 0 aliphatic heterocycles. The Morgan fingerprint density at radius 1 is 1.44 bits per heavy atom. The number of hydrogen-bond donors (Lipinski definition) is 2. The van der Waals surface area contributed by atoms with Gasteiger partial charge >= 0.3 is 0 Å². The van der Waals surface area contributed by atoms with Crippen LogP contribution in [0.3, 0.4) is 0 Å². The monoisotopic (exact) mass is 268 g/mol. The molecule has 102 valence electrons. The number of carbonyl (C=O) groups excluding carboxylic acids is 1. The maximum Gasteiger partial charge on any atom is 0.220 e. The van der Waals surface area contributed by atoms with Crippen LogP contribution < -0.4 is 11.1 Å². The van der Waals surface area contributed by atoms with Crippen LogP contribution in [0.1, 0.15) is 44.4 Å². The fourth-order valence-corrected chi connectivity index (χ4v) is 2.75. The Kier molecular flexibility index (Phi) is 6.36. The van der Waals surface area contributed by atoms with Crippen LogP contribution in [0.5, 0.6) is 0 Å². The molecule has 0 aliphatic carbocycles. The van der Waals surface area contributed by atoms with E-state index < -0.39 is 0 Å². The number of rotatable bonds is 8. The van der Waals surface area contributed by atoms with Crippen molar-refractivity contribution in [3.05, 3.63) is 22.4 Å². The van der Waals surface area contributed by atoms with Gasteiger partial charge in [-0.1, -0.05) is 19.9 Å². The maximum absolute atomic E-state index is 11.9. The lowest BCUT2D eigenvalue weighted by atomic mass is 9.92. The highest BCUT2D eigenvalue weighted by Gasteiger charge is 2.25. The summed E-state index contributed by atoms with van der Waals surface area (Å²) < 4.78 is 0. The summed E-state index contributed by atoms with van der Waals surface area (Å²) in [6.45, 7) is 4.65. The zero-order chi connectivity index (χ0) is 13.4. The third kappa shape index (κ3) is 4.42. The molecule has 4 heteroatoms. The van der Waals surface area contributed by atoms with Gasteiger partial charge in [0.1, 0.15) is 0 Å². The van der Waals surface area contributed by atoms with Gasteiger partial charge in [0.2, 0.25) is 5.91 Å². The predicted octanol–water partition coefficient (Wildman–Crippen LogP) is 2.70. The van der Waals surface area contributed by atoms with Gasteiger partial charge in [-0.25, -0.2) is 0 Å². The van der Waals surface area contributed by atoms with Gasteiger partial charge in [-0.3, -0.25) is 4.79 Å². The van der Waals surface area contributed by atoms with Crippen LogP contribution >= 0.6 is 11.3 Å². The van der Waals surface area contributed by atoms with Crippen molar-refractivity contribution < 1.29 is 4.79 Å². The first-order valence-corrected chi connectivity index (χ1v) is 7.57. The lowest BCUT2D eigenvalue weighted by Gasteiger charge is -2.31. The van der Waals surface area contributed by atoms with Crippen LogP contribution in [-0.2, 0) is 11.2 Å². The van der Waals surface area contributed by atoms with E-state index in [-0.39, 0.29) is 11.4 Å². The molecule has 3 nitrogen and oxygen atoms in total. The second-order valence-electron chi connectivity index (χ2n) is 4.67. The summed E-state index contributed by atoms with van der Waals surface area (Å²) in [7, 11) is 0. The van der Waals surface area contributed by atoms with E-state index in [1.165, 1.54) is 4.88 Å². The lowest BCUT2D eigenvalue weighted by Crippen LogP contribution is -2.52. The number of hydrogen-bond acceptors (Lipinski definition) is 3. The number of carbonyl (C=O) groups is 1. The van der Waals surface area contributed by atoms with Gasteiger partial charge in [0.05, 0.1) is 5.54 Å². The summed E-state index contributed by atoms with van der Waals surface area (Å²) in [4.78, 5) is 13.2. The summed E-state index contributed by atoms with van der Waals surface area (Å²) >= 11 is 1.75. The highest BCUT2D eigenvalue weighted by molar-refractivity contribution is 7.09. The predicted molar refractivity (Wildman–Crippen MR) is 77.8 cm³/mol. The highest BCUT2D eigenvalue weighted by atomic mass is 32.1. The first-order chi connectivity index (χ1) is 8.65. The summed E-state index contributed by atoms with van der Waals surface area (Å²) in [6.07, 6.45) is 4.24. The van der Waals surface area contributed by atoms with E-state index in [2.05, 4.69) is 30.6 Å². The first-order valence-electron chi connectivity index (χ1n) is 6.69. The molecule has 0 aromatic carbocycles. The minimum atomic E-state index is -0.208. The summed E-state index contributed by atoms with van der Waals surface area (Å²) in [5.74, 6) is 0.126. The van der Waals surface area contributed by atoms with E-state index in [1.54, 1.807) is 11.3 Å². The molecule has 3 N–H and O–H groups in total. The van der Waals surface area contributed by atoms with E-state index in [1.807, 2.05) is 6.07 Å². The third-order valence-corrected chi connectivity index (χ3v) is 4.49. The average molecular weight is 268 g/mol. The molecule has 1 aromatic heterocycles. The molecule has 1 amide bonds. The normalized spacial score (nSPS) is 11.5. The number of amides is 1. The van der Waals surface area contributed by atoms with Gasteiger partial charge in [-0.05, 0) is 37.1 Å². The molecule has 18 heavy (non-hydrogen) atoms. The van der Waals surface area contributed by atoms with Crippen LogP contribution in [-0.4, -0.2) is 18.0 Å². The number of nitrogens with one attached hydrogen (secondary N) is 1. The van der Waals surface area contributed by atoms with Gasteiger partial charge in [-0.2, -0.15) is 0 Å². The van der Waals surface area contributed by atoms with Gasteiger partial charge < -0.3 is 11.1 Å². The third-order valence-electron chi connectivity index (χ3n) is 3.56. The van der Waals surface area contributed by atoms with Gasteiger partial charge in [0.15, 0.2) is 0 Å². The molecule has 0 unspecified atom stereocenters. The minimum absolute atomic E-state index is 0.126. The summed E-state index contributed by atoms with van der Waals surface area (Å²) in [5.41, 5.74) is 5.56. The first kappa shape index (κ1) is 15.2. The van der Waals surface area contributed by atoms with Crippen LogP contribution in [0, 0.1) is 0 Å². The van der Waals surface area contributed by atoms with Crippen LogP contribution in [0.15, 0.2) is 17.5 Å². The lowest BCUT2D eigenvalue weighted by molar-refractivity contribution is -0.123. The topological polar surface area (TPSA) is 55.1 Å². The highest BCUT2D eigenvalue weighted by Crippen LogP contribution is 2.15. The Labute approximate surface area is 114 Å². The van der Waals surface area contributed by atoms with Crippen molar-refractivity contribution in [2.45, 2.75) is 51.5 Å². The maximum atomic E-state index is 11.9. The van der Waals surface area contributed by atoms with Crippen LogP contribution in [0.25, 0.3) is 0 Å². The molecule has 0 spiro atoms. The molecule has 0 bridgehead atoms. The fraction of sp³-hybridized carbons (Fsp3) is 0.643. The number of thiophene rings is 1. The van der Waals surface area contributed by atoms with E-state index in [0.29, 0.717) is 13.0 Å². The molecule has 0 saturated heterocycles. The van der Waals surface area contributed by atoms with Gasteiger partial charge in [-0.15, -0.1) is 11.3 Å². The van der Waals surface area contributed by atoms with Crippen molar-refractivity contribution >= 4 is 17.2 Å². The van der Waals surface area contributed by atoms with E-state index >= 15 is 0 Å². The average Bonchev–Trinajstić information content (AvgIpc) is 2.89. The van der Waals surface area contributed by atoms with Gasteiger partial charge in [0, 0.05) is 17.8 Å². The Hall–Kier alpha value is -0.870. The van der Waals surface area contributed by atoms with E-state index in [4.69, 9.17) is 5.73 Å². The molecule has 0 radical (unpaired) electrons. The summed E-state index contributed by atoms with van der Waals surface area (Å²) in [6, 6.07) is 4.17. The zero-order valence-corrected chi connectivity index (χ0v) is 12.2. The van der Waals surface area contributed by atoms with Crippen molar-refractivity contribution in [1.29, 1.82) is 0 Å². The number of aryl methyl sites for hydroxylation is 1. The van der Waals surface area contributed by atoms with Crippen molar-refractivity contribution in [2.75, 3.05) is 6.54 Å². The minimum Gasteiger partial charge on any atom is -0.349 e. The van der Waals surface area contributed by atoms with Crippen LogP contribution in [0.4, 0.5) is 0 Å². The fourth-order valence-electron chi connectivity index (χ4n) is 2.00. The molecule has 1 rings (SSSR count).